The monoisotopic (exact) mass is 267 g/mol. The molecule has 1 heterocycles. The van der Waals surface area contributed by atoms with Crippen LogP contribution in [0.2, 0.25) is 0 Å². The minimum atomic E-state index is -0.523. The van der Waals surface area contributed by atoms with Crippen LogP contribution < -0.4 is 5.73 Å². The fourth-order valence-electron chi connectivity index (χ4n) is 1.72. The highest BCUT2D eigenvalue weighted by atomic mass is 16.5. The first-order valence-corrected chi connectivity index (χ1v) is 5.48. The maximum atomic E-state index is 11.5. The highest BCUT2D eigenvalue weighted by Gasteiger charge is 2.15. The zero-order chi connectivity index (χ0) is 14.7. The third-order valence-corrected chi connectivity index (χ3v) is 2.69. The van der Waals surface area contributed by atoms with Gasteiger partial charge in [0.1, 0.15) is 18.5 Å². The summed E-state index contributed by atoms with van der Waals surface area (Å²) in [6.45, 7) is 0. The Morgan fingerprint density at radius 1 is 1.40 bits per heavy atom. The molecule has 1 aromatic heterocycles. The first-order valence-electron chi connectivity index (χ1n) is 5.48. The molecule has 0 atom stereocenters. The standard InChI is InChI=1S/C13H9N5O2/c1-20-13(19)8-2-3-9(16)11(4-8)18-7-17-10(5-14)12(18)6-15/h2-4,7H,16H2,1H3. The van der Waals surface area contributed by atoms with Crippen molar-refractivity contribution in [3.8, 4) is 17.8 Å². The molecule has 0 spiro atoms. The molecule has 0 saturated heterocycles. The van der Waals surface area contributed by atoms with Gasteiger partial charge in [0, 0.05) is 0 Å². The lowest BCUT2D eigenvalue weighted by Gasteiger charge is -2.09. The lowest BCUT2D eigenvalue weighted by molar-refractivity contribution is 0.0600. The molecule has 0 aliphatic heterocycles. The van der Waals surface area contributed by atoms with Crippen molar-refractivity contribution in [3.63, 3.8) is 0 Å². The molecule has 7 heteroatoms. The van der Waals surface area contributed by atoms with Gasteiger partial charge in [-0.05, 0) is 18.2 Å². The van der Waals surface area contributed by atoms with E-state index >= 15 is 0 Å². The predicted octanol–water partition coefficient (Wildman–Crippen LogP) is 0.984. The lowest BCUT2D eigenvalue weighted by Crippen LogP contribution is -2.06. The van der Waals surface area contributed by atoms with Gasteiger partial charge in [-0.25, -0.2) is 9.78 Å². The molecule has 0 aliphatic rings. The number of nitrogen functional groups attached to an aromatic ring is 1. The normalized spacial score (nSPS) is 9.55. The van der Waals surface area contributed by atoms with Crippen LogP contribution in [0.3, 0.4) is 0 Å². The van der Waals surface area contributed by atoms with Crippen molar-refractivity contribution in [2.45, 2.75) is 0 Å². The number of nitrogens with zero attached hydrogens (tertiary/aromatic N) is 4. The van der Waals surface area contributed by atoms with Crippen molar-refractivity contribution in [3.05, 3.63) is 41.5 Å². The molecule has 1 aromatic carbocycles. The molecule has 0 unspecified atom stereocenters. The van der Waals surface area contributed by atoms with Crippen molar-refractivity contribution in [1.82, 2.24) is 9.55 Å². The number of nitrogens with two attached hydrogens (primary N) is 1. The highest BCUT2D eigenvalue weighted by Crippen LogP contribution is 2.22. The molecular weight excluding hydrogens is 258 g/mol. The van der Waals surface area contributed by atoms with Crippen LogP contribution in [-0.2, 0) is 4.74 Å². The van der Waals surface area contributed by atoms with Gasteiger partial charge < -0.3 is 10.5 Å². The van der Waals surface area contributed by atoms with Gasteiger partial charge in [-0.1, -0.05) is 0 Å². The number of hydrogen-bond donors (Lipinski definition) is 1. The largest absolute Gasteiger partial charge is 0.465 e. The van der Waals surface area contributed by atoms with Gasteiger partial charge in [0.2, 0.25) is 0 Å². The first kappa shape index (κ1) is 13.1. The van der Waals surface area contributed by atoms with Gasteiger partial charge in [-0.15, -0.1) is 0 Å². The maximum absolute atomic E-state index is 11.5. The van der Waals surface area contributed by atoms with E-state index in [1.54, 1.807) is 0 Å². The molecule has 98 valence electrons. The Hall–Kier alpha value is -3.32. The number of carbonyl (C=O) groups excluding carboxylic acids is 1. The number of ether oxygens (including phenoxy) is 1. The van der Waals surface area contributed by atoms with Gasteiger partial charge in [-0.3, -0.25) is 4.57 Å². The summed E-state index contributed by atoms with van der Waals surface area (Å²) < 4.78 is 5.99. The second-order valence-electron chi connectivity index (χ2n) is 3.80. The summed E-state index contributed by atoms with van der Waals surface area (Å²) >= 11 is 0. The predicted molar refractivity (Wildman–Crippen MR) is 68.7 cm³/mol. The third kappa shape index (κ3) is 2.04. The molecule has 0 bridgehead atoms. The quantitative estimate of drug-likeness (QED) is 0.640. The Morgan fingerprint density at radius 2 is 2.15 bits per heavy atom. The number of nitriles is 2. The molecule has 20 heavy (non-hydrogen) atoms. The topological polar surface area (TPSA) is 118 Å². The van der Waals surface area contributed by atoms with Gasteiger partial charge in [0.15, 0.2) is 11.4 Å². The van der Waals surface area contributed by atoms with Crippen LogP contribution in [0.4, 0.5) is 5.69 Å². The van der Waals surface area contributed by atoms with E-state index in [-0.39, 0.29) is 17.0 Å². The number of anilines is 1. The molecule has 0 radical (unpaired) electrons. The smallest absolute Gasteiger partial charge is 0.337 e. The maximum Gasteiger partial charge on any atom is 0.337 e. The van der Waals surface area contributed by atoms with E-state index in [0.29, 0.717) is 11.4 Å². The van der Waals surface area contributed by atoms with E-state index in [2.05, 4.69) is 9.72 Å². The van der Waals surface area contributed by atoms with Crippen LogP contribution >= 0.6 is 0 Å². The fraction of sp³-hybridized carbons (Fsp3) is 0.0769. The zero-order valence-electron chi connectivity index (χ0n) is 10.5. The number of rotatable bonds is 2. The second-order valence-corrected chi connectivity index (χ2v) is 3.80. The minimum absolute atomic E-state index is 0.00429. The Morgan fingerprint density at radius 3 is 2.75 bits per heavy atom. The molecule has 0 amide bonds. The Bertz CT molecular complexity index is 764. The number of methoxy groups -OCH3 is 1. The molecular formula is C13H9N5O2. The Balaban J connectivity index is 2.65. The number of esters is 1. The summed E-state index contributed by atoms with van der Waals surface area (Å²) in [6, 6.07) is 8.22. The summed E-state index contributed by atoms with van der Waals surface area (Å²) in [5.74, 6) is -0.523. The number of carbonyl (C=O) groups is 1. The summed E-state index contributed by atoms with van der Waals surface area (Å²) in [7, 11) is 1.27. The zero-order valence-corrected chi connectivity index (χ0v) is 10.5. The number of hydrogen-bond acceptors (Lipinski definition) is 6. The number of benzene rings is 1. The van der Waals surface area contributed by atoms with Crippen molar-refractivity contribution in [2.24, 2.45) is 0 Å². The van der Waals surface area contributed by atoms with Crippen LogP contribution in [0.25, 0.3) is 5.69 Å². The number of imidazole rings is 1. The van der Waals surface area contributed by atoms with Crippen molar-refractivity contribution >= 4 is 11.7 Å². The highest BCUT2D eigenvalue weighted by molar-refractivity contribution is 5.91. The average Bonchev–Trinajstić information content (AvgIpc) is 2.89. The molecule has 7 nitrogen and oxygen atoms in total. The van der Waals surface area contributed by atoms with Crippen LogP contribution in [0.15, 0.2) is 24.5 Å². The van der Waals surface area contributed by atoms with E-state index in [1.165, 1.54) is 36.2 Å². The second kappa shape index (κ2) is 5.12. The van der Waals surface area contributed by atoms with Gasteiger partial charge in [0.25, 0.3) is 0 Å². The third-order valence-electron chi connectivity index (χ3n) is 2.69. The van der Waals surface area contributed by atoms with E-state index in [0.717, 1.165) is 0 Å². The lowest BCUT2D eigenvalue weighted by atomic mass is 10.1. The Kier molecular flexibility index (Phi) is 3.36. The van der Waals surface area contributed by atoms with E-state index in [4.69, 9.17) is 16.3 Å². The van der Waals surface area contributed by atoms with Crippen LogP contribution in [-0.4, -0.2) is 22.6 Å². The van der Waals surface area contributed by atoms with Gasteiger partial charge in [0.05, 0.1) is 24.0 Å². The average molecular weight is 267 g/mol. The summed E-state index contributed by atoms with van der Waals surface area (Å²) in [6.07, 6.45) is 1.31. The molecule has 0 fully saturated rings. The van der Waals surface area contributed by atoms with Gasteiger partial charge in [-0.2, -0.15) is 10.5 Å². The van der Waals surface area contributed by atoms with Crippen LogP contribution in [0.1, 0.15) is 21.7 Å². The molecule has 2 rings (SSSR count). The van der Waals surface area contributed by atoms with Crippen molar-refractivity contribution in [2.75, 3.05) is 12.8 Å². The molecule has 2 N–H and O–H groups in total. The number of aromatic nitrogens is 2. The van der Waals surface area contributed by atoms with E-state index < -0.39 is 5.97 Å². The van der Waals surface area contributed by atoms with E-state index in [9.17, 15) is 4.79 Å². The summed E-state index contributed by atoms with van der Waals surface area (Å²) in [4.78, 5) is 15.3. The molecule has 0 aliphatic carbocycles. The van der Waals surface area contributed by atoms with Crippen molar-refractivity contribution in [1.29, 1.82) is 10.5 Å². The van der Waals surface area contributed by atoms with E-state index in [1.807, 2.05) is 12.1 Å². The van der Waals surface area contributed by atoms with Crippen molar-refractivity contribution < 1.29 is 9.53 Å². The fourth-order valence-corrected chi connectivity index (χ4v) is 1.72. The minimum Gasteiger partial charge on any atom is -0.465 e. The molecule has 0 saturated carbocycles. The summed E-state index contributed by atoms with van der Waals surface area (Å²) in [5.41, 5.74) is 6.91. The van der Waals surface area contributed by atoms with Crippen LogP contribution in [0.5, 0.6) is 0 Å². The first-order chi connectivity index (χ1) is 9.62. The van der Waals surface area contributed by atoms with Gasteiger partial charge >= 0.3 is 5.97 Å². The SMILES string of the molecule is COC(=O)c1ccc(N)c(-n2cnc(C#N)c2C#N)c1. The molecule has 2 aromatic rings. The summed E-state index contributed by atoms with van der Waals surface area (Å²) in [5, 5.41) is 18.0. The Labute approximate surface area is 114 Å². The van der Waals surface area contributed by atoms with Crippen LogP contribution in [0, 0.1) is 22.7 Å².